The van der Waals surface area contributed by atoms with Gasteiger partial charge in [0.25, 0.3) is 0 Å². The molecule has 0 fully saturated rings. The number of benzene rings is 4. The Morgan fingerprint density at radius 2 is 1.07 bits per heavy atom. The van der Waals surface area contributed by atoms with Gasteiger partial charge in [-0.15, -0.1) is 0 Å². The van der Waals surface area contributed by atoms with E-state index >= 15 is 0 Å². The molecule has 0 saturated heterocycles. The van der Waals surface area contributed by atoms with Crippen molar-refractivity contribution in [2.75, 3.05) is 0 Å². The fraction of sp³-hybridized carbons (Fsp3) is 0. The first-order chi connectivity index (χ1) is 13.8. The lowest BCUT2D eigenvalue weighted by Crippen LogP contribution is -1.85. The zero-order valence-electron chi connectivity index (χ0n) is 15.8. The van der Waals surface area contributed by atoms with Gasteiger partial charge in [0, 0.05) is 0 Å². The molecule has 4 aromatic carbocycles. The molecular formula is C28H22. The van der Waals surface area contributed by atoms with Crippen molar-refractivity contribution in [1.82, 2.24) is 0 Å². The second kappa shape index (κ2) is 8.37. The van der Waals surface area contributed by atoms with Crippen LogP contribution in [0.15, 0.2) is 110 Å². The van der Waals surface area contributed by atoms with Crippen molar-refractivity contribution in [3.63, 3.8) is 0 Å². The van der Waals surface area contributed by atoms with Gasteiger partial charge in [0.15, 0.2) is 0 Å². The average molecular weight is 358 g/mol. The van der Waals surface area contributed by atoms with Crippen LogP contribution in [0.4, 0.5) is 0 Å². The van der Waals surface area contributed by atoms with Crippen LogP contribution in [0.3, 0.4) is 0 Å². The molecule has 0 bridgehead atoms. The molecule has 0 aliphatic carbocycles. The van der Waals surface area contributed by atoms with Crippen LogP contribution < -0.4 is 0 Å². The fourth-order valence-corrected chi connectivity index (χ4v) is 3.33. The molecule has 4 aromatic rings. The molecule has 0 saturated carbocycles. The lowest BCUT2D eigenvalue weighted by atomic mass is 9.96. The third-order valence-electron chi connectivity index (χ3n) is 4.87. The predicted octanol–water partition coefficient (Wildman–Crippen LogP) is 7.83. The largest absolute Gasteiger partial charge is 0.0985 e. The van der Waals surface area contributed by atoms with Crippen molar-refractivity contribution in [1.29, 1.82) is 0 Å². The topological polar surface area (TPSA) is 0 Å². The van der Waals surface area contributed by atoms with E-state index in [4.69, 9.17) is 0 Å². The van der Waals surface area contributed by atoms with Crippen LogP contribution in [-0.4, -0.2) is 0 Å². The maximum atomic E-state index is 3.91. The Labute approximate surface area is 167 Å². The van der Waals surface area contributed by atoms with Gasteiger partial charge in [-0.2, -0.15) is 0 Å². The highest BCUT2D eigenvalue weighted by Gasteiger charge is 2.03. The van der Waals surface area contributed by atoms with E-state index in [0.29, 0.717) is 0 Å². The smallest absolute Gasteiger partial charge is 0.0111 e. The van der Waals surface area contributed by atoms with Gasteiger partial charge in [-0.05, 0) is 45.0 Å². The maximum absolute atomic E-state index is 3.91. The molecule has 0 amide bonds. The fourth-order valence-electron chi connectivity index (χ4n) is 3.33. The Morgan fingerprint density at radius 1 is 0.500 bits per heavy atom. The lowest BCUT2D eigenvalue weighted by Gasteiger charge is -2.08. The monoisotopic (exact) mass is 358 g/mol. The third kappa shape index (κ3) is 4.02. The number of rotatable bonds is 5. The average Bonchev–Trinajstić information content (AvgIpc) is 2.79. The van der Waals surface area contributed by atoms with Crippen LogP contribution in [0, 0.1) is 0 Å². The second-order valence-electron chi connectivity index (χ2n) is 6.74. The van der Waals surface area contributed by atoms with Gasteiger partial charge in [-0.25, -0.2) is 0 Å². The number of hydrogen-bond acceptors (Lipinski definition) is 0. The van der Waals surface area contributed by atoms with Crippen molar-refractivity contribution in [2.24, 2.45) is 0 Å². The lowest BCUT2D eigenvalue weighted by molar-refractivity contribution is 1.57. The molecule has 134 valence electrons. The second-order valence-corrected chi connectivity index (χ2v) is 6.74. The Kier molecular flexibility index (Phi) is 5.31. The predicted molar refractivity (Wildman–Crippen MR) is 123 cm³/mol. The van der Waals surface area contributed by atoms with Gasteiger partial charge in [-0.3, -0.25) is 0 Å². The van der Waals surface area contributed by atoms with E-state index in [-0.39, 0.29) is 0 Å². The summed E-state index contributed by atoms with van der Waals surface area (Å²) >= 11 is 0. The summed E-state index contributed by atoms with van der Waals surface area (Å²) in [6.45, 7) is 3.91. The molecule has 0 atom stereocenters. The Morgan fingerprint density at radius 3 is 1.71 bits per heavy atom. The first kappa shape index (κ1) is 17.8. The van der Waals surface area contributed by atoms with Crippen LogP contribution in [0.1, 0.15) is 16.7 Å². The Hall–Kier alpha value is -3.64. The Bertz CT molecular complexity index is 1090. The van der Waals surface area contributed by atoms with Crippen LogP contribution in [-0.2, 0) is 0 Å². The third-order valence-corrected chi connectivity index (χ3v) is 4.87. The minimum atomic E-state index is 1.12. The molecular weight excluding hydrogens is 336 g/mol. The van der Waals surface area contributed by atoms with Gasteiger partial charge in [0.2, 0.25) is 0 Å². The first-order valence-corrected chi connectivity index (χ1v) is 9.49. The summed E-state index contributed by atoms with van der Waals surface area (Å²) < 4.78 is 0. The summed E-state index contributed by atoms with van der Waals surface area (Å²) in [5.74, 6) is 0. The highest BCUT2D eigenvalue weighted by atomic mass is 14.1. The molecule has 0 aliphatic rings. The van der Waals surface area contributed by atoms with E-state index in [1.165, 1.54) is 33.4 Å². The van der Waals surface area contributed by atoms with E-state index in [9.17, 15) is 0 Å². The van der Waals surface area contributed by atoms with Crippen LogP contribution in [0.5, 0.6) is 0 Å². The van der Waals surface area contributed by atoms with Crippen LogP contribution in [0.25, 0.3) is 40.5 Å². The van der Waals surface area contributed by atoms with Crippen molar-refractivity contribution in [3.05, 3.63) is 126 Å². The van der Waals surface area contributed by atoms with E-state index in [2.05, 4.69) is 110 Å². The highest BCUT2D eigenvalue weighted by molar-refractivity contribution is 5.82. The summed E-state index contributed by atoms with van der Waals surface area (Å²) in [5, 5.41) is 0. The van der Waals surface area contributed by atoms with Gasteiger partial charge >= 0.3 is 0 Å². The summed E-state index contributed by atoms with van der Waals surface area (Å²) in [5.41, 5.74) is 8.41. The summed E-state index contributed by atoms with van der Waals surface area (Å²) in [7, 11) is 0. The summed E-state index contributed by atoms with van der Waals surface area (Å²) in [6.07, 6.45) is 6.25. The SMILES string of the molecule is C=Cc1ccc(-c2ccccc2)c(C=Cc2ccc(-c3ccccc3)cc2)c1. The molecule has 0 N–H and O–H groups in total. The van der Waals surface area contributed by atoms with E-state index in [0.717, 1.165) is 5.56 Å². The molecule has 0 aromatic heterocycles. The standard InChI is InChI=1S/C28H22/c1-2-22-16-20-28(26-11-7-4-8-12-26)27(21-22)19-15-23-13-17-25(18-14-23)24-9-5-3-6-10-24/h2-21H,1H2. The Balaban J connectivity index is 1.65. The zero-order chi connectivity index (χ0) is 19.2. The molecule has 4 rings (SSSR count). The molecule has 0 unspecified atom stereocenters. The van der Waals surface area contributed by atoms with Gasteiger partial charge < -0.3 is 0 Å². The minimum absolute atomic E-state index is 1.12. The van der Waals surface area contributed by atoms with Gasteiger partial charge in [-0.1, -0.05) is 122 Å². The van der Waals surface area contributed by atoms with Crippen LogP contribution in [0.2, 0.25) is 0 Å². The van der Waals surface area contributed by atoms with Crippen molar-refractivity contribution < 1.29 is 0 Å². The molecule has 0 heteroatoms. The van der Waals surface area contributed by atoms with E-state index in [1.807, 2.05) is 18.2 Å². The maximum Gasteiger partial charge on any atom is -0.0111 e. The van der Waals surface area contributed by atoms with Gasteiger partial charge in [0.05, 0.1) is 0 Å². The molecule has 0 aliphatic heterocycles. The summed E-state index contributed by atoms with van der Waals surface area (Å²) in [6, 6.07) is 36.1. The van der Waals surface area contributed by atoms with Crippen molar-refractivity contribution in [3.8, 4) is 22.3 Å². The molecule has 0 radical (unpaired) electrons. The highest BCUT2D eigenvalue weighted by Crippen LogP contribution is 2.27. The molecule has 0 heterocycles. The molecule has 0 spiro atoms. The number of hydrogen-bond donors (Lipinski definition) is 0. The summed E-state index contributed by atoms with van der Waals surface area (Å²) in [4.78, 5) is 0. The van der Waals surface area contributed by atoms with Crippen molar-refractivity contribution in [2.45, 2.75) is 0 Å². The minimum Gasteiger partial charge on any atom is -0.0985 e. The molecule has 0 nitrogen and oxygen atoms in total. The van der Waals surface area contributed by atoms with Gasteiger partial charge in [0.1, 0.15) is 0 Å². The van der Waals surface area contributed by atoms with E-state index in [1.54, 1.807) is 0 Å². The van der Waals surface area contributed by atoms with Crippen LogP contribution >= 0.6 is 0 Å². The van der Waals surface area contributed by atoms with Crippen molar-refractivity contribution >= 4 is 18.2 Å². The quantitative estimate of drug-likeness (QED) is 0.319. The van der Waals surface area contributed by atoms with E-state index < -0.39 is 0 Å². The zero-order valence-corrected chi connectivity index (χ0v) is 15.8. The molecule has 28 heavy (non-hydrogen) atoms. The first-order valence-electron chi connectivity index (χ1n) is 9.49. The normalized spacial score (nSPS) is 10.9.